The normalized spacial score (nSPS) is 21.0. The van der Waals surface area contributed by atoms with Crippen molar-refractivity contribution in [1.82, 2.24) is 19.4 Å². The Morgan fingerprint density at radius 1 is 1.03 bits per heavy atom. The van der Waals surface area contributed by atoms with Crippen LogP contribution in [0.4, 0.5) is 0 Å². The Morgan fingerprint density at radius 3 is 2.75 bits per heavy atom. The molecular formula is C25H34N4O3. The first-order valence-corrected chi connectivity index (χ1v) is 11.9. The van der Waals surface area contributed by atoms with Gasteiger partial charge in [-0.2, -0.15) is 0 Å². The summed E-state index contributed by atoms with van der Waals surface area (Å²) in [5.74, 6) is 0.784. The Kier molecular flexibility index (Phi) is 7.93. The third-order valence-electron chi connectivity index (χ3n) is 6.61. The zero-order chi connectivity index (χ0) is 22.2. The highest BCUT2D eigenvalue weighted by Crippen LogP contribution is 2.23. The van der Waals surface area contributed by atoms with Gasteiger partial charge in [0.1, 0.15) is 18.9 Å². The van der Waals surface area contributed by atoms with E-state index in [1.165, 1.54) is 48.6 Å². The number of ether oxygens (including phenoxy) is 1. The van der Waals surface area contributed by atoms with E-state index in [1.54, 1.807) is 12.3 Å². The van der Waals surface area contributed by atoms with Crippen LogP contribution in [0, 0.1) is 0 Å². The molecule has 0 N–H and O–H groups in total. The summed E-state index contributed by atoms with van der Waals surface area (Å²) in [5.41, 5.74) is 0.912. The van der Waals surface area contributed by atoms with Crippen LogP contribution in [-0.2, 0) is 17.8 Å². The highest BCUT2D eigenvalue weighted by Gasteiger charge is 2.22. The SMILES string of the molecule is O=C(Cn1cccnc1=O)N1CCCCN2CCCCC2CCc2cccc(c2)OCC1. The topological polar surface area (TPSA) is 67.7 Å². The molecule has 1 aromatic carbocycles. The van der Waals surface area contributed by atoms with Crippen LogP contribution in [0.15, 0.2) is 47.5 Å². The van der Waals surface area contributed by atoms with Crippen molar-refractivity contribution in [2.45, 2.75) is 57.5 Å². The van der Waals surface area contributed by atoms with E-state index in [4.69, 9.17) is 4.74 Å². The molecule has 2 aliphatic rings. The monoisotopic (exact) mass is 438 g/mol. The maximum Gasteiger partial charge on any atom is 0.347 e. The molecule has 2 aliphatic heterocycles. The third-order valence-corrected chi connectivity index (χ3v) is 6.61. The number of rotatable bonds is 2. The second-order valence-electron chi connectivity index (χ2n) is 8.84. The smallest absolute Gasteiger partial charge is 0.347 e. The minimum Gasteiger partial charge on any atom is -0.492 e. The summed E-state index contributed by atoms with van der Waals surface area (Å²) in [5, 5.41) is 0. The third kappa shape index (κ3) is 6.19. The van der Waals surface area contributed by atoms with Crippen molar-refractivity contribution in [1.29, 1.82) is 0 Å². The molecule has 1 aromatic heterocycles. The lowest BCUT2D eigenvalue weighted by atomic mass is 9.95. The minimum absolute atomic E-state index is 0.0103. The van der Waals surface area contributed by atoms with Crippen molar-refractivity contribution in [2.24, 2.45) is 0 Å². The molecule has 1 fully saturated rings. The van der Waals surface area contributed by atoms with Crippen LogP contribution in [0.3, 0.4) is 0 Å². The number of nitrogens with zero attached hydrogens (tertiary/aromatic N) is 4. The van der Waals surface area contributed by atoms with Crippen LogP contribution in [0.2, 0.25) is 0 Å². The lowest BCUT2D eigenvalue weighted by molar-refractivity contribution is -0.132. The molecule has 0 aliphatic carbocycles. The molecule has 7 heteroatoms. The average molecular weight is 439 g/mol. The van der Waals surface area contributed by atoms with Gasteiger partial charge >= 0.3 is 5.69 Å². The van der Waals surface area contributed by atoms with Crippen molar-refractivity contribution < 1.29 is 9.53 Å². The van der Waals surface area contributed by atoms with Gasteiger partial charge in [0.05, 0.1) is 6.54 Å². The van der Waals surface area contributed by atoms with Crippen molar-refractivity contribution in [3.05, 3.63) is 58.8 Å². The number of fused-ring (bicyclic) bond motifs is 3. The summed E-state index contributed by atoms with van der Waals surface area (Å²) in [7, 11) is 0. The van der Waals surface area contributed by atoms with Crippen LogP contribution in [-0.4, -0.2) is 64.1 Å². The quantitative estimate of drug-likeness (QED) is 0.721. The van der Waals surface area contributed by atoms with Crippen molar-refractivity contribution >= 4 is 5.91 Å². The number of benzene rings is 1. The largest absolute Gasteiger partial charge is 0.492 e. The Balaban J connectivity index is 1.45. The molecule has 3 heterocycles. The maximum absolute atomic E-state index is 13.0. The molecule has 1 unspecified atom stereocenters. The summed E-state index contributed by atoms with van der Waals surface area (Å²) < 4.78 is 7.36. The van der Waals surface area contributed by atoms with E-state index in [0.717, 1.165) is 31.6 Å². The van der Waals surface area contributed by atoms with Crippen molar-refractivity contribution in [3.8, 4) is 5.75 Å². The second kappa shape index (κ2) is 11.3. The first-order chi connectivity index (χ1) is 15.7. The van der Waals surface area contributed by atoms with Gasteiger partial charge in [0.25, 0.3) is 0 Å². The van der Waals surface area contributed by atoms with Gasteiger partial charge in [-0.15, -0.1) is 0 Å². The van der Waals surface area contributed by atoms with Gasteiger partial charge in [0, 0.05) is 25.0 Å². The summed E-state index contributed by atoms with van der Waals surface area (Å²) in [6.07, 6.45) is 11.2. The van der Waals surface area contributed by atoms with Crippen LogP contribution in [0.5, 0.6) is 5.75 Å². The molecular weight excluding hydrogens is 404 g/mol. The lowest BCUT2D eigenvalue weighted by Gasteiger charge is -2.36. The van der Waals surface area contributed by atoms with Gasteiger partial charge in [-0.1, -0.05) is 18.6 Å². The number of carbonyl (C=O) groups excluding carboxylic acids is 1. The number of aromatic nitrogens is 2. The number of piperidine rings is 1. The fourth-order valence-corrected chi connectivity index (χ4v) is 4.81. The van der Waals surface area contributed by atoms with Gasteiger partial charge in [0.15, 0.2) is 0 Å². The van der Waals surface area contributed by atoms with E-state index < -0.39 is 5.69 Å². The van der Waals surface area contributed by atoms with E-state index in [2.05, 4.69) is 28.1 Å². The molecule has 1 atom stereocenters. The molecule has 7 nitrogen and oxygen atoms in total. The summed E-state index contributed by atoms with van der Waals surface area (Å²) in [6, 6.07) is 10.7. The standard InChI is InChI=1S/C25H34N4O3/c30-24(20-29-16-6-12-26-25(29)31)28-15-4-3-14-27-13-2-1-8-22(27)11-10-21-7-5-9-23(19-21)32-18-17-28/h5-7,9,12,16,19,22H,1-4,8,10-11,13-15,17-18,20H2. The zero-order valence-electron chi connectivity index (χ0n) is 18.8. The van der Waals surface area contributed by atoms with Crippen LogP contribution in [0.25, 0.3) is 0 Å². The van der Waals surface area contributed by atoms with Gasteiger partial charge in [0.2, 0.25) is 5.91 Å². The fourth-order valence-electron chi connectivity index (χ4n) is 4.81. The molecule has 0 spiro atoms. The molecule has 2 aromatic rings. The van der Waals surface area contributed by atoms with Crippen molar-refractivity contribution in [2.75, 3.05) is 32.8 Å². The molecule has 2 bridgehead atoms. The summed E-state index contributed by atoms with van der Waals surface area (Å²) in [4.78, 5) is 33.2. The Bertz CT molecular complexity index is 945. The predicted octanol–water partition coefficient (Wildman–Crippen LogP) is 2.73. The molecule has 4 rings (SSSR count). The highest BCUT2D eigenvalue weighted by atomic mass is 16.5. The predicted molar refractivity (Wildman–Crippen MR) is 124 cm³/mol. The van der Waals surface area contributed by atoms with E-state index in [-0.39, 0.29) is 12.5 Å². The Hall–Kier alpha value is -2.67. The van der Waals surface area contributed by atoms with Crippen LogP contribution >= 0.6 is 0 Å². The average Bonchev–Trinajstić information content (AvgIpc) is 2.81. The molecule has 172 valence electrons. The number of amides is 1. The highest BCUT2D eigenvalue weighted by molar-refractivity contribution is 5.76. The second-order valence-corrected chi connectivity index (χ2v) is 8.84. The Labute approximate surface area is 190 Å². The lowest BCUT2D eigenvalue weighted by Crippen LogP contribution is -2.41. The molecule has 0 radical (unpaired) electrons. The number of hydrogen-bond acceptors (Lipinski definition) is 5. The van der Waals surface area contributed by atoms with E-state index in [9.17, 15) is 9.59 Å². The van der Waals surface area contributed by atoms with Gasteiger partial charge in [-0.3, -0.25) is 9.36 Å². The maximum atomic E-state index is 13.0. The van der Waals surface area contributed by atoms with Gasteiger partial charge < -0.3 is 14.5 Å². The van der Waals surface area contributed by atoms with E-state index in [0.29, 0.717) is 25.7 Å². The molecule has 0 saturated carbocycles. The number of hydrogen-bond donors (Lipinski definition) is 0. The summed E-state index contributed by atoms with van der Waals surface area (Å²) in [6.45, 7) is 3.90. The van der Waals surface area contributed by atoms with E-state index >= 15 is 0 Å². The van der Waals surface area contributed by atoms with Crippen LogP contribution in [0.1, 0.15) is 44.1 Å². The molecule has 32 heavy (non-hydrogen) atoms. The minimum atomic E-state index is -0.400. The number of aryl methyl sites for hydroxylation is 1. The van der Waals surface area contributed by atoms with E-state index in [1.807, 2.05) is 11.0 Å². The summed E-state index contributed by atoms with van der Waals surface area (Å²) >= 11 is 0. The number of carbonyl (C=O) groups is 1. The van der Waals surface area contributed by atoms with Crippen molar-refractivity contribution in [3.63, 3.8) is 0 Å². The molecule has 1 saturated heterocycles. The Morgan fingerprint density at radius 2 is 1.88 bits per heavy atom. The zero-order valence-corrected chi connectivity index (χ0v) is 18.8. The van der Waals surface area contributed by atoms with Crippen LogP contribution < -0.4 is 10.4 Å². The first-order valence-electron chi connectivity index (χ1n) is 11.9. The molecule has 1 amide bonds. The first kappa shape index (κ1) is 22.5. The van der Waals surface area contributed by atoms with Gasteiger partial charge in [-0.25, -0.2) is 9.78 Å². The fraction of sp³-hybridized carbons (Fsp3) is 0.560. The van der Waals surface area contributed by atoms with Gasteiger partial charge in [-0.05, 0) is 75.4 Å².